The number of hydrogen-bond donors (Lipinski definition) is 0. The molecule has 3 aromatic rings. The minimum Gasteiger partial charge on any atom is -0.344 e. The lowest BCUT2D eigenvalue weighted by molar-refractivity contribution is 0.0993. The molecule has 0 N–H and O–H groups in total. The first-order valence-corrected chi connectivity index (χ1v) is 7.99. The van der Waals surface area contributed by atoms with Crippen LogP contribution in [0.25, 0.3) is 10.9 Å². The van der Waals surface area contributed by atoms with Gasteiger partial charge in [-0.2, -0.15) is 0 Å². The highest BCUT2D eigenvalue weighted by molar-refractivity contribution is 6.10. The Bertz CT molecular complexity index is 1310. The van der Waals surface area contributed by atoms with Gasteiger partial charge in [-0.15, -0.1) is 0 Å². The standard InChI is InChI=1S/C23H27NO/c1-4-5-10-15-24-18(3)23(20-13-8-9-14-21(20)24)22(25)16-19-12-7-6-11-17(19)2/h6-9,11-14H,4-5,10,15-16H2,1-3H3/i1D3,4D2,5D2,10D2,15D2. The van der Waals surface area contributed by atoms with Crippen LogP contribution in [0.2, 0.25) is 0 Å². The molecule has 2 heteroatoms. The molecule has 0 unspecified atom stereocenters. The summed E-state index contributed by atoms with van der Waals surface area (Å²) in [4.78, 5) is 13.4. The van der Waals surface area contributed by atoms with Crippen molar-refractivity contribution in [3.05, 3.63) is 70.9 Å². The van der Waals surface area contributed by atoms with E-state index in [0.29, 0.717) is 5.39 Å². The summed E-state index contributed by atoms with van der Waals surface area (Å²) in [6.07, 6.45) is -11.2. The average Bonchev–Trinajstić information content (AvgIpc) is 3.06. The summed E-state index contributed by atoms with van der Waals surface area (Å²) in [5.41, 5.74) is 1.90. The largest absolute Gasteiger partial charge is 0.344 e. The maximum absolute atomic E-state index is 13.4. The number of rotatable bonds is 7. The van der Waals surface area contributed by atoms with E-state index in [0.717, 1.165) is 15.7 Å². The maximum Gasteiger partial charge on any atom is 0.169 e. The number of aryl methyl sites for hydroxylation is 2. The van der Waals surface area contributed by atoms with Gasteiger partial charge in [-0.3, -0.25) is 4.79 Å². The maximum atomic E-state index is 13.4. The van der Waals surface area contributed by atoms with Gasteiger partial charge in [0.2, 0.25) is 0 Å². The Morgan fingerprint density at radius 1 is 1.08 bits per heavy atom. The third kappa shape index (κ3) is 3.53. The van der Waals surface area contributed by atoms with Crippen LogP contribution in [0.4, 0.5) is 0 Å². The van der Waals surface area contributed by atoms with E-state index in [1.165, 1.54) is 13.0 Å². The highest BCUT2D eigenvalue weighted by atomic mass is 16.1. The van der Waals surface area contributed by atoms with E-state index in [9.17, 15) is 4.79 Å². The van der Waals surface area contributed by atoms with Gasteiger partial charge in [0, 0.05) is 50.2 Å². The molecule has 0 atom stereocenters. The second kappa shape index (κ2) is 7.69. The first-order valence-electron chi connectivity index (χ1n) is 13.5. The van der Waals surface area contributed by atoms with Crippen LogP contribution in [-0.4, -0.2) is 10.4 Å². The molecule has 1 heterocycles. The van der Waals surface area contributed by atoms with Crippen molar-refractivity contribution in [2.75, 3.05) is 0 Å². The summed E-state index contributed by atoms with van der Waals surface area (Å²) >= 11 is 0. The Kier molecular flexibility index (Phi) is 2.57. The van der Waals surface area contributed by atoms with E-state index in [1.54, 1.807) is 30.3 Å². The predicted molar refractivity (Wildman–Crippen MR) is 105 cm³/mol. The molecule has 130 valence electrons. The normalized spacial score (nSPS) is 20.5. The van der Waals surface area contributed by atoms with Gasteiger partial charge < -0.3 is 4.57 Å². The zero-order valence-corrected chi connectivity index (χ0v) is 14.2. The monoisotopic (exact) mass is 344 g/mol. The van der Waals surface area contributed by atoms with Crippen molar-refractivity contribution in [2.45, 2.75) is 52.7 Å². The topological polar surface area (TPSA) is 22.0 Å². The number of fused-ring (bicyclic) bond motifs is 1. The van der Waals surface area contributed by atoms with Gasteiger partial charge in [-0.1, -0.05) is 62.1 Å². The van der Waals surface area contributed by atoms with Crippen LogP contribution in [0.3, 0.4) is 0 Å². The number of nitrogens with zero attached hydrogens (tertiary/aromatic N) is 1. The van der Waals surface area contributed by atoms with Crippen LogP contribution >= 0.6 is 0 Å². The molecule has 2 nitrogen and oxygen atoms in total. The molecular formula is C23H27NO. The third-order valence-electron chi connectivity index (χ3n) is 4.30. The Labute approximate surface area is 165 Å². The summed E-state index contributed by atoms with van der Waals surface area (Å²) in [7, 11) is 0. The van der Waals surface area contributed by atoms with Gasteiger partial charge in [-0.05, 0) is 37.4 Å². The van der Waals surface area contributed by atoms with Crippen molar-refractivity contribution in [2.24, 2.45) is 0 Å². The Morgan fingerprint density at radius 2 is 1.84 bits per heavy atom. The van der Waals surface area contributed by atoms with Gasteiger partial charge in [0.15, 0.2) is 5.78 Å². The summed E-state index contributed by atoms with van der Waals surface area (Å²) < 4.78 is 89.4. The first kappa shape index (κ1) is 8.35. The fourth-order valence-corrected chi connectivity index (χ4v) is 3.05. The molecule has 0 aliphatic heterocycles. The molecule has 0 bridgehead atoms. The van der Waals surface area contributed by atoms with Gasteiger partial charge in [0.05, 0.1) is 0 Å². The number of ketones is 1. The van der Waals surface area contributed by atoms with Gasteiger partial charge in [0.1, 0.15) is 0 Å². The van der Waals surface area contributed by atoms with Crippen LogP contribution in [-0.2, 0) is 12.9 Å². The average molecular weight is 345 g/mol. The van der Waals surface area contributed by atoms with E-state index in [2.05, 4.69) is 0 Å². The molecule has 25 heavy (non-hydrogen) atoms. The Morgan fingerprint density at radius 3 is 2.64 bits per heavy atom. The van der Waals surface area contributed by atoms with Gasteiger partial charge >= 0.3 is 0 Å². The summed E-state index contributed by atoms with van der Waals surface area (Å²) in [5, 5.41) is 0.327. The van der Waals surface area contributed by atoms with Crippen molar-refractivity contribution in [1.29, 1.82) is 0 Å². The highest BCUT2D eigenvalue weighted by Crippen LogP contribution is 2.28. The van der Waals surface area contributed by atoms with E-state index in [-0.39, 0.29) is 29.0 Å². The smallest absolute Gasteiger partial charge is 0.169 e. The molecule has 3 rings (SSSR count). The number of para-hydroxylation sites is 1. The van der Waals surface area contributed by atoms with E-state index in [1.807, 2.05) is 19.1 Å². The number of Topliss-reactive ketones (excluding diaryl/α,β-unsaturated/α-hetero) is 1. The lowest BCUT2D eigenvalue weighted by atomic mass is 9.98. The third-order valence-corrected chi connectivity index (χ3v) is 4.30. The molecule has 0 radical (unpaired) electrons. The number of benzene rings is 2. The number of carbonyl (C=O) groups excluding carboxylic acids is 1. The fourth-order valence-electron chi connectivity index (χ4n) is 3.05. The molecule has 0 fully saturated rings. The summed E-state index contributed by atoms with van der Waals surface area (Å²) in [6.45, 7) is -3.59. The molecule has 0 saturated carbocycles. The predicted octanol–water partition coefficient (Wildman–Crippen LogP) is 5.87. The minimum atomic E-state index is -3.79. The van der Waals surface area contributed by atoms with Crippen molar-refractivity contribution in [3.8, 4) is 0 Å². The zero-order valence-electron chi connectivity index (χ0n) is 25.2. The number of hydrogen-bond acceptors (Lipinski definition) is 1. The second-order valence-electron chi connectivity index (χ2n) is 5.83. The van der Waals surface area contributed by atoms with E-state index in [4.69, 9.17) is 15.1 Å². The second-order valence-corrected chi connectivity index (χ2v) is 5.83. The van der Waals surface area contributed by atoms with Crippen molar-refractivity contribution in [3.63, 3.8) is 0 Å². The molecule has 1 aromatic heterocycles. The zero-order chi connectivity index (χ0) is 27.5. The van der Waals surface area contributed by atoms with E-state index < -0.39 is 32.5 Å². The van der Waals surface area contributed by atoms with Crippen LogP contribution < -0.4 is 0 Å². The lowest BCUT2D eigenvalue weighted by Crippen LogP contribution is -2.08. The first-order chi connectivity index (χ1) is 16.3. The van der Waals surface area contributed by atoms with Crippen LogP contribution in [0.1, 0.15) is 68.2 Å². The summed E-state index contributed by atoms with van der Waals surface area (Å²) in [5.74, 6) is -0.353. The van der Waals surface area contributed by atoms with Crippen molar-refractivity contribution >= 4 is 16.7 Å². The molecule has 0 aliphatic carbocycles. The number of aromatic nitrogens is 1. The molecule has 0 aliphatic rings. The van der Waals surface area contributed by atoms with Gasteiger partial charge in [-0.25, -0.2) is 0 Å². The molecular weight excluding hydrogens is 306 g/mol. The highest BCUT2D eigenvalue weighted by Gasteiger charge is 2.20. The van der Waals surface area contributed by atoms with E-state index >= 15 is 0 Å². The molecule has 0 saturated heterocycles. The summed E-state index contributed by atoms with van der Waals surface area (Å²) in [6, 6.07) is 13.5. The molecule has 0 spiro atoms. The van der Waals surface area contributed by atoms with Crippen LogP contribution in [0.5, 0.6) is 0 Å². The van der Waals surface area contributed by atoms with Gasteiger partial charge in [0.25, 0.3) is 0 Å². The number of carbonyl (C=O) groups is 1. The molecule has 2 aromatic carbocycles. The lowest BCUT2D eigenvalue weighted by Gasteiger charge is -2.09. The fraction of sp³-hybridized carbons (Fsp3) is 0.348. The van der Waals surface area contributed by atoms with Crippen molar-refractivity contribution in [1.82, 2.24) is 4.57 Å². The Hall–Kier alpha value is -2.35. The minimum absolute atomic E-state index is 0.000158. The van der Waals surface area contributed by atoms with Crippen molar-refractivity contribution < 1.29 is 19.9 Å². The Balaban J connectivity index is 2.23. The quantitative estimate of drug-likeness (QED) is 0.491. The SMILES string of the molecule is [2H]C([2H])([2H])C([2H])([2H])C([2H])([2H])C([2H])([2H])C([2H])([2H])n1c(C)c(C(=O)Cc2ccccc2C)c2ccccc21. The van der Waals surface area contributed by atoms with Crippen LogP contribution in [0.15, 0.2) is 48.5 Å². The molecule has 0 amide bonds. The van der Waals surface area contributed by atoms with Crippen LogP contribution in [0, 0.1) is 13.8 Å².